The van der Waals surface area contributed by atoms with Gasteiger partial charge in [-0.3, -0.25) is 4.79 Å². The first-order chi connectivity index (χ1) is 23.5. The molecule has 0 aromatic carbocycles. The lowest BCUT2D eigenvalue weighted by atomic mass is 9.99. The van der Waals surface area contributed by atoms with Crippen molar-refractivity contribution in [1.82, 2.24) is 5.32 Å². The minimum absolute atomic E-state index is 0.375. The van der Waals surface area contributed by atoms with Gasteiger partial charge in [-0.15, -0.1) is 0 Å². The number of unbranched alkanes of at least 4 members (excludes halogenated alkanes) is 30. The van der Waals surface area contributed by atoms with Crippen molar-refractivity contribution in [3.8, 4) is 0 Å². The Kier molecular flexibility index (Phi) is 37.0. The molecule has 0 radical (unpaired) electrons. The van der Waals surface area contributed by atoms with Crippen LogP contribution in [0.1, 0.15) is 232 Å². The molecule has 6 heteroatoms. The Balaban J connectivity index is 3.68. The molecule has 288 valence electrons. The summed E-state index contributed by atoms with van der Waals surface area (Å²) >= 11 is 0. The molecule has 0 aliphatic heterocycles. The molecular formula is C42H85NO5. The topological polar surface area (TPSA) is 110 Å². The first kappa shape index (κ1) is 47.3. The maximum absolute atomic E-state index is 12.5. The van der Waals surface area contributed by atoms with E-state index in [2.05, 4.69) is 19.2 Å². The van der Waals surface area contributed by atoms with Crippen molar-refractivity contribution in [3.63, 3.8) is 0 Å². The summed E-state index contributed by atoms with van der Waals surface area (Å²) in [4.78, 5) is 12.5. The standard InChI is InChI=1S/C42H85NO5/c1-3-5-7-9-11-13-15-17-18-19-20-21-22-23-24-26-28-30-32-34-36-40(46)42(48)43-38(37-44)41(47)39(45)35-33-31-29-27-25-16-14-12-10-8-6-4-2/h38-41,44-47H,3-37H2,1-2H3,(H,43,48)/t38-,39+,40?,41-/m0/s1. The fourth-order valence-electron chi connectivity index (χ4n) is 6.88. The van der Waals surface area contributed by atoms with E-state index in [9.17, 15) is 25.2 Å². The molecule has 1 amide bonds. The number of aliphatic hydroxyl groups excluding tert-OH is 4. The molecule has 6 nitrogen and oxygen atoms in total. The van der Waals surface area contributed by atoms with Gasteiger partial charge in [0.25, 0.3) is 0 Å². The highest BCUT2D eigenvalue weighted by Crippen LogP contribution is 2.17. The molecule has 0 aliphatic carbocycles. The third-order valence-electron chi connectivity index (χ3n) is 10.3. The first-order valence-electron chi connectivity index (χ1n) is 21.4. The van der Waals surface area contributed by atoms with E-state index in [0.29, 0.717) is 12.8 Å². The van der Waals surface area contributed by atoms with Gasteiger partial charge in [0.2, 0.25) is 5.91 Å². The van der Waals surface area contributed by atoms with Gasteiger partial charge in [-0.2, -0.15) is 0 Å². The Hall–Kier alpha value is -0.690. The monoisotopic (exact) mass is 684 g/mol. The molecule has 48 heavy (non-hydrogen) atoms. The van der Waals surface area contributed by atoms with Gasteiger partial charge in [0.15, 0.2) is 0 Å². The van der Waals surface area contributed by atoms with E-state index < -0.39 is 36.9 Å². The van der Waals surface area contributed by atoms with Crippen molar-refractivity contribution < 1.29 is 25.2 Å². The van der Waals surface area contributed by atoms with Crippen LogP contribution in [-0.4, -0.2) is 57.3 Å². The van der Waals surface area contributed by atoms with E-state index in [1.54, 1.807) is 0 Å². The number of carbonyl (C=O) groups is 1. The summed E-state index contributed by atoms with van der Waals surface area (Å²) in [6.07, 6.45) is 38.4. The highest BCUT2D eigenvalue weighted by molar-refractivity contribution is 5.80. The van der Waals surface area contributed by atoms with Crippen LogP contribution in [0.15, 0.2) is 0 Å². The zero-order valence-corrected chi connectivity index (χ0v) is 32.3. The number of hydrogen-bond donors (Lipinski definition) is 5. The highest BCUT2D eigenvalue weighted by Gasteiger charge is 2.28. The highest BCUT2D eigenvalue weighted by atomic mass is 16.3. The average Bonchev–Trinajstić information content (AvgIpc) is 3.09. The van der Waals surface area contributed by atoms with Crippen molar-refractivity contribution in [2.75, 3.05) is 6.61 Å². The van der Waals surface area contributed by atoms with Crippen LogP contribution < -0.4 is 5.32 Å². The maximum Gasteiger partial charge on any atom is 0.249 e. The minimum Gasteiger partial charge on any atom is -0.394 e. The van der Waals surface area contributed by atoms with Crippen molar-refractivity contribution in [3.05, 3.63) is 0 Å². The lowest BCUT2D eigenvalue weighted by Gasteiger charge is -2.27. The summed E-state index contributed by atoms with van der Waals surface area (Å²) in [5, 5.41) is 43.6. The molecule has 0 saturated carbocycles. The third kappa shape index (κ3) is 31.3. The van der Waals surface area contributed by atoms with Crippen molar-refractivity contribution >= 4 is 5.91 Å². The second kappa shape index (κ2) is 37.6. The van der Waals surface area contributed by atoms with Gasteiger partial charge < -0.3 is 25.7 Å². The van der Waals surface area contributed by atoms with Gasteiger partial charge in [-0.1, -0.05) is 219 Å². The van der Waals surface area contributed by atoms with Crippen LogP contribution >= 0.6 is 0 Å². The molecule has 0 spiro atoms. The fraction of sp³-hybridized carbons (Fsp3) is 0.976. The molecule has 0 aromatic rings. The predicted molar refractivity (Wildman–Crippen MR) is 205 cm³/mol. The van der Waals surface area contributed by atoms with Gasteiger partial charge in [-0.05, 0) is 12.8 Å². The first-order valence-corrected chi connectivity index (χ1v) is 21.4. The Bertz CT molecular complexity index is 648. The summed E-state index contributed by atoms with van der Waals surface area (Å²) < 4.78 is 0. The van der Waals surface area contributed by atoms with Crippen LogP contribution in [0.2, 0.25) is 0 Å². The minimum atomic E-state index is -1.25. The van der Waals surface area contributed by atoms with Gasteiger partial charge in [0.05, 0.1) is 18.8 Å². The normalized spacial score (nSPS) is 14.2. The van der Waals surface area contributed by atoms with Gasteiger partial charge in [0.1, 0.15) is 12.2 Å². The lowest BCUT2D eigenvalue weighted by Crippen LogP contribution is -2.53. The van der Waals surface area contributed by atoms with Crippen molar-refractivity contribution in [2.24, 2.45) is 0 Å². The quantitative estimate of drug-likeness (QED) is 0.0414. The van der Waals surface area contributed by atoms with E-state index >= 15 is 0 Å². The van der Waals surface area contributed by atoms with Crippen molar-refractivity contribution in [1.29, 1.82) is 0 Å². The van der Waals surface area contributed by atoms with E-state index in [4.69, 9.17) is 0 Å². The molecular weight excluding hydrogens is 598 g/mol. The molecule has 0 bridgehead atoms. The SMILES string of the molecule is CCCCCCCCCCCCCCCCCCCCCCC(O)C(=O)N[C@@H](CO)[C@H](O)[C@H](O)CCCCCCCCCCCCCC. The third-order valence-corrected chi connectivity index (χ3v) is 10.3. The lowest BCUT2D eigenvalue weighted by molar-refractivity contribution is -0.132. The van der Waals surface area contributed by atoms with Crippen LogP contribution in [0.3, 0.4) is 0 Å². The molecule has 1 unspecified atom stereocenters. The zero-order valence-electron chi connectivity index (χ0n) is 32.3. The van der Waals surface area contributed by atoms with Gasteiger partial charge >= 0.3 is 0 Å². The van der Waals surface area contributed by atoms with Gasteiger partial charge in [0, 0.05) is 0 Å². The molecule has 0 aromatic heterocycles. The van der Waals surface area contributed by atoms with E-state index in [-0.39, 0.29) is 0 Å². The number of aliphatic hydroxyl groups is 4. The Labute approximate surface area is 299 Å². The maximum atomic E-state index is 12.5. The number of hydrogen-bond acceptors (Lipinski definition) is 5. The molecule has 0 saturated heterocycles. The largest absolute Gasteiger partial charge is 0.394 e. The number of nitrogens with one attached hydrogen (secondary N) is 1. The fourth-order valence-corrected chi connectivity index (χ4v) is 6.88. The van der Waals surface area contributed by atoms with Crippen molar-refractivity contribution in [2.45, 2.75) is 257 Å². The molecule has 0 heterocycles. The van der Waals surface area contributed by atoms with E-state index in [1.807, 2.05) is 0 Å². The summed E-state index contributed by atoms with van der Waals surface area (Å²) in [6, 6.07) is -0.977. The second-order valence-corrected chi connectivity index (χ2v) is 15.1. The van der Waals surface area contributed by atoms with Crippen LogP contribution in [0, 0.1) is 0 Å². The van der Waals surface area contributed by atoms with Crippen LogP contribution in [0.4, 0.5) is 0 Å². The molecule has 0 aliphatic rings. The van der Waals surface area contributed by atoms with E-state index in [1.165, 1.54) is 167 Å². The summed E-state index contributed by atoms with van der Waals surface area (Å²) in [5.41, 5.74) is 0. The van der Waals surface area contributed by atoms with Crippen LogP contribution in [0.25, 0.3) is 0 Å². The molecule has 5 N–H and O–H groups in total. The predicted octanol–water partition coefficient (Wildman–Crippen LogP) is 10.8. The molecule has 4 atom stereocenters. The summed E-state index contributed by atoms with van der Waals surface area (Å²) in [7, 11) is 0. The second-order valence-electron chi connectivity index (χ2n) is 15.1. The van der Waals surface area contributed by atoms with Crippen LogP contribution in [0.5, 0.6) is 0 Å². The Morgan fingerprint density at radius 2 is 0.708 bits per heavy atom. The average molecular weight is 684 g/mol. The Morgan fingerprint density at radius 1 is 0.438 bits per heavy atom. The van der Waals surface area contributed by atoms with E-state index in [0.717, 1.165) is 38.5 Å². The molecule has 0 fully saturated rings. The number of amides is 1. The number of rotatable bonds is 39. The molecule has 0 rings (SSSR count). The smallest absolute Gasteiger partial charge is 0.249 e. The van der Waals surface area contributed by atoms with Crippen LogP contribution in [-0.2, 0) is 4.79 Å². The summed E-state index contributed by atoms with van der Waals surface area (Å²) in [5.74, 6) is -0.580. The number of carbonyl (C=O) groups excluding carboxylic acids is 1. The Morgan fingerprint density at radius 3 is 1.00 bits per heavy atom. The van der Waals surface area contributed by atoms with Gasteiger partial charge in [-0.25, -0.2) is 0 Å². The zero-order chi connectivity index (χ0) is 35.3. The summed E-state index contributed by atoms with van der Waals surface area (Å²) in [6.45, 7) is 4.05.